The highest BCUT2D eigenvalue weighted by Gasteiger charge is 2.14. The van der Waals surface area contributed by atoms with Crippen LogP contribution in [0.5, 0.6) is 0 Å². The molecule has 0 aliphatic heterocycles. The van der Waals surface area contributed by atoms with Crippen molar-refractivity contribution in [3.8, 4) is 0 Å². The van der Waals surface area contributed by atoms with Gasteiger partial charge in [-0.2, -0.15) is 5.10 Å². The van der Waals surface area contributed by atoms with E-state index < -0.39 is 10.0 Å². The van der Waals surface area contributed by atoms with Gasteiger partial charge in [-0.15, -0.1) is 0 Å². The van der Waals surface area contributed by atoms with Crippen molar-refractivity contribution < 1.29 is 13.2 Å². The monoisotopic (exact) mass is 347 g/mol. The van der Waals surface area contributed by atoms with E-state index in [0.717, 1.165) is 11.2 Å². The molecule has 9 heteroatoms. The van der Waals surface area contributed by atoms with Crippen LogP contribution in [0.15, 0.2) is 47.8 Å². The Hall–Kier alpha value is -2.65. The number of benzene rings is 1. The van der Waals surface area contributed by atoms with Crippen LogP contribution >= 0.6 is 0 Å². The largest absolute Gasteiger partial charge is 0.352 e. The molecule has 0 spiro atoms. The molecule has 0 atom stereocenters. The maximum atomic E-state index is 12.3. The minimum atomic E-state index is -3.68. The summed E-state index contributed by atoms with van der Waals surface area (Å²) in [6.07, 6.45) is 5.71. The van der Waals surface area contributed by atoms with Gasteiger partial charge in [0.1, 0.15) is 11.2 Å². The van der Waals surface area contributed by atoms with Gasteiger partial charge in [-0.25, -0.2) is 18.1 Å². The Labute approximate surface area is 138 Å². The molecule has 3 aromatic rings. The van der Waals surface area contributed by atoms with Crippen molar-refractivity contribution >= 4 is 21.6 Å². The van der Waals surface area contributed by atoms with Gasteiger partial charge in [0.15, 0.2) is 0 Å². The van der Waals surface area contributed by atoms with Crippen molar-refractivity contribution in [2.24, 2.45) is 12.2 Å². The Morgan fingerprint density at radius 2 is 1.96 bits per heavy atom. The normalized spacial score (nSPS) is 11.8. The molecule has 0 radical (unpaired) electrons. The molecule has 0 saturated heterocycles. The van der Waals surface area contributed by atoms with Crippen molar-refractivity contribution in [2.75, 3.05) is 6.54 Å². The summed E-state index contributed by atoms with van der Waals surface area (Å²) in [7, 11) is -1.84. The van der Waals surface area contributed by atoms with E-state index in [9.17, 15) is 13.2 Å². The van der Waals surface area contributed by atoms with E-state index in [1.54, 1.807) is 22.8 Å². The summed E-state index contributed by atoms with van der Waals surface area (Å²) in [5, 5.41) is 12.0. The Balaban J connectivity index is 1.62. The minimum absolute atomic E-state index is 0.0706. The number of nitrogens with two attached hydrogens (primary N) is 1. The van der Waals surface area contributed by atoms with Gasteiger partial charge >= 0.3 is 0 Å². The molecule has 126 valence electrons. The SMILES string of the molecule is Cn1ccn2ncc(C(=O)NCCc3ccc(S(N)(=O)=O)cc3)c12. The summed E-state index contributed by atoms with van der Waals surface area (Å²) in [6.45, 7) is 0.426. The Bertz CT molecular complexity index is 986. The third-order valence-corrected chi connectivity index (χ3v) is 4.66. The summed E-state index contributed by atoms with van der Waals surface area (Å²) in [5.74, 6) is -0.201. The maximum absolute atomic E-state index is 12.3. The van der Waals surface area contributed by atoms with Crippen LogP contribution in [0.4, 0.5) is 0 Å². The van der Waals surface area contributed by atoms with E-state index in [2.05, 4.69) is 10.4 Å². The quantitative estimate of drug-likeness (QED) is 0.691. The van der Waals surface area contributed by atoms with Gasteiger partial charge in [-0.1, -0.05) is 12.1 Å². The van der Waals surface area contributed by atoms with E-state index in [0.29, 0.717) is 18.5 Å². The number of aromatic nitrogens is 3. The van der Waals surface area contributed by atoms with Crippen LogP contribution in [-0.4, -0.2) is 35.1 Å². The predicted molar refractivity (Wildman–Crippen MR) is 88.0 cm³/mol. The first-order valence-corrected chi connectivity index (χ1v) is 8.79. The number of primary sulfonamides is 1. The second-order valence-corrected chi connectivity index (χ2v) is 6.99. The zero-order valence-corrected chi connectivity index (χ0v) is 13.8. The average molecular weight is 347 g/mol. The number of hydrogen-bond donors (Lipinski definition) is 2. The molecular weight excluding hydrogens is 330 g/mol. The lowest BCUT2D eigenvalue weighted by Crippen LogP contribution is -2.25. The number of aryl methyl sites for hydroxylation is 1. The number of hydrogen-bond acceptors (Lipinski definition) is 4. The number of amides is 1. The molecule has 0 aliphatic rings. The molecule has 8 nitrogen and oxygen atoms in total. The van der Waals surface area contributed by atoms with Crippen LogP contribution in [-0.2, 0) is 23.5 Å². The van der Waals surface area contributed by atoms with E-state index in [1.807, 2.05) is 17.8 Å². The number of imidazole rings is 1. The molecule has 24 heavy (non-hydrogen) atoms. The van der Waals surface area contributed by atoms with E-state index in [-0.39, 0.29) is 10.8 Å². The molecule has 0 fully saturated rings. The number of nitrogens with zero attached hydrogens (tertiary/aromatic N) is 3. The number of fused-ring (bicyclic) bond motifs is 1. The van der Waals surface area contributed by atoms with Crippen molar-refractivity contribution in [2.45, 2.75) is 11.3 Å². The molecule has 2 heterocycles. The summed E-state index contributed by atoms with van der Waals surface area (Å²) in [4.78, 5) is 12.3. The fraction of sp³-hybridized carbons (Fsp3) is 0.200. The van der Waals surface area contributed by atoms with Gasteiger partial charge in [-0.05, 0) is 24.1 Å². The number of nitrogens with one attached hydrogen (secondary N) is 1. The van der Waals surface area contributed by atoms with E-state index in [1.165, 1.54) is 18.3 Å². The number of carbonyl (C=O) groups excluding carboxylic acids is 1. The number of carbonyl (C=O) groups is 1. The summed E-state index contributed by atoms with van der Waals surface area (Å²) >= 11 is 0. The number of rotatable bonds is 5. The maximum Gasteiger partial charge on any atom is 0.256 e. The zero-order valence-electron chi connectivity index (χ0n) is 13.0. The topological polar surface area (TPSA) is 111 Å². The van der Waals surface area contributed by atoms with Crippen molar-refractivity contribution in [1.29, 1.82) is 0 Å². The predicted octanol–water partition coefficient (Wildman–Crippen LogP) is 0.293. The summed E-state index contributed by atoms with van der Waals surface area (Å²) < 4.78 is 25.9. The van der Waals surface area contributed by atoms with Crippen molar-refractivity contribution in [3.63, 3.8) is 0 Å². The molecule has 2 aromatic heterocycles. The Morgan fingerprint density at radius 3 is 2.62 bits per heavy atom. The summed E-state index contributed by atoms with van der Waals surface area (Å²) in [6, 6.07) is 6.28. The average Bonchev–Trinajstić information content (AvgIpc) is 3.10. The minimum Gasteiger partial charge on any atom is -0.352 e. The molecule has 0 aliphatic carbocycles. The van der Waals surface area contributed by atoms with Gasteiger partial charge in [-0.3, -0.25) is 4.79 Å². The van der Waals surface area contributed by atoms with Gasteiger partial charge < -0.3 is 9.88 Å². The molecule has 3 N–H and O–H groups in total. The molecule has 0 saturated carbocycles. The van der Waals surface area contributed by atoms with Gasteiger partial charge in [0.2, 0.25) is 10.0 Å². The zero-order chi connectivity index (χ0) is 17.3. The first kappa shape index (κ1) is 16.2. The van der Waals surface area contributed by atoms with Crippen LogP contribution in [0.3, 0.4) is 0 Å². The van der Waals surface area contributed by atoms with Crippen LogP contribution in [0.2, 0.25) is 0 Å². The lowest BCUT2D eigenvalue weighted by Gasteiger charge is -2.05. The highest BCUT2D eigenvalue weighted by atomic mass is 32.2. The molecule has 1 aromatic carbocycles. The summed E-state index contributed by atoms with van der Waals surface area (Å²) in [5.41, 5.74) is 2.14. The van der Waals surface area contributed by atoms with Crippen LogP contribution in [0.25, 0.3) is 5.65 Å². The van der Waals surface area contributed by atoms with Crippen LogP contribution in [0, 0.1) is 0 Å². The molecule has 3 rings (SSSR count). The second kappa shape index (κ2) is 6.10. The fourth-order valence-electron chi connectivity index (χ4n) is 2.47. The highest BCUT2D eigenvalue weighted by molar-refractivity contribution is 7.89. The van der Waals surface area contributed by atoms with Gasteiger partial charge in [0.05, 0.1) is 11.1 Å². The molecule has 0 bridgehead atoms. The third kappa shape index (κ3) is 3.17. The Morgan fingerprint density at radius 1 is 1.25 bits per heavy atom. The van der Waals surface area contributed by atoms with Crippen LogP contribution in [0.1, 0.15) is 15.9 Å². The second-order valence-electron chi connectivity index (χ2n) is 5.43. The molecule has 0 unspecified atom stereocenters. The van der Waals surface area contributed by atoms with E-state index in [4.69, 9.17) is 5.14 Å². The van der Waals surface area contributed by atoms with Crippen molar-refractivity contribution in [3.05, 3.63) is 54.0 Å². The van der Waals surface area contributed by atoms with Crippen molar-refractivity contribution in [1.82, 2.24) is 19.5 Å². The standard InChI is InChI=1S/C15H17N5O3S/c1-19-8-9-20-15(19)13(10-18-20)14(21)17-7-6-11-2-4-12(5-3-11)24(16,22)23/h2-5,8-10H,6-7H2,1H3,(H,17,21)(H2,16,22,23). The smallest absolute Gasteiger partial charge is 0.256 e. The molecule has 1 amide bonds. The first-order chi connectivity index (χ1) is 11.4. The fourth-order valence-corrected chi connectivity index (χ4v) is 2.99. The highest BCUT2D eigenvalue weighted by Crippen LogP contribution is 2.11. The Kier molecular flexibility index (Phi) is 4.12. The first-order valence-electron chi connectivity index (χ1n) is 7.25. The third-order valence-electron chi connectivity index (χ3n) is 3.73. The lowest BCUT2D eigenvalue weighted by molar-refractivity contribution is 0.0955. The van der Waals surface area contributed by atoms with Gasteiger partial charge in [0.25, 0.3) is 5.91 Å². The van der Waals surface area contributed by atoms with E-state index >= 15 is 0 Å². The van der Waals surface area contributed by atoms with Crippen LogP contribution < -0.4 is 10.5 Å². The molecular formula is C15H17N5O3S. The van der Waals surface area contributed by atoms with Gasteiger partial charge in [0, 0.05) is 26.0 Å². The number of sulfonamides is 1. The lowest BCUT2D eigenvalue weighted by atomic mass is 10.1.